The van der Waals surface area contributed by atoms with E-state index in [0.717, 1.165) is 5.56 Å². The standard InChI is InChI=1S/C16H15NO5S/c1-11-2-5-13(6-3-11)23(19,20)9-16(18)17-12-4-7-14-15(8-12)22-10-21-14/h2-8H,9-10H2,1H3,(H,17,18). The van der Waals surface area contributed by atoms with Crippen molar-refractivity contribution < 1.29 is 22.7 Å². The predicted molar refractivity (Wildman–Crippen MR) is 84.4 cm³/mol. The largest absolute Gasteiger partial charge is 0.454 e. The molecule has 1 amide bonds. The molecule has 0 aliphatic carbocycles. The molecule has 7 heteroatoms. The molecule has 23 heavy (non-hydrogen) atoms. The number of carbonyl (C=O) groups is 1. The molecule has 1 N–H and O–H groups in total. The Hall–Kier alpha value is -2.54. The van der Waals surface area contributed by atoms with Gasteiger partial charge in [-0.05, 0) is 31.2 Å². The summed E-state index contributed by atoms with van der Waals surface area (Å²) in [7, 11) is -3.68. The van der Waals surface area contributed by atoms with Gasteiger partial charge in [-0.1, -0.05) is 17.7 Å². The Labute approximate surface area is 134 Å². The second-order valence-electron chi connectivity index (χ2n) is 5.19. The molecule has 3 rings (SSSR count). The number of nitrogens with one attached hydrogen (secondary N) is 1. The molecule has 120 valence electrons. The van der Waals surface area contributed by atoms with E-state index in [0.29, 0.717) is 17.2 Å². The van der Waals surface area contributed by atoms with E-state index in [2.05, 4.69) is 5.32 Å². The molecular formula is C16H15NO5S. The van der Waals surface area contributed by atoms with E-state index >= 15 is 0 Å². The molecular weight excluding hydrogens is 318 g/mol. The zero-order valence-electron chi connectivity index (χ0n) is 12.4. The van der Waals surface area contributed by atoms with Crippen molar-refractivity contribution in [1.82, 2.24) is 0 Å². The maximum Gasteiger partial charge on any atom is 0.239 e. The minimum absolute atomic E-state index is 0.129. The van der Waals surface area contributed by atoms with E-state index in [9.17, 15) is 13.2 Å². The van der Waals surface area contributed by atoms with Gasteiger partial charge in [0.25, 0.3) is 0 Å². The average Bonchev–Trinajstić information content (AvgIpc) is 2.94. The number of anilines is 1. The van der Waals surface area contributed by atoms with Crippen LogP contribution in [0.5, 0.6) is 11.5 Å². The molecule has 0 bridgehead atoms. The van der Waals surface area contributed by atoms with Crippen LogP contribution in [0.4, 0.5) is 5.69 Å². The number of benzene rings is 2. The topological polar surface area (TPSA) is 81.7 Å². The maximum atomic E-state index is 12.2. The molecule has 0 saturated carbocycles. The van der Waals surface area contributed by atoms with Crippen molar-refractivity contribution >= 4 is 21.4 Å². The fourth-order valence-corrected chi connectivity index (χ4v) is 3.31. The normalized spacial score (nSPS) is 12.9. The first-order valence-corrected chi connectivity index (χ1v) is 8.58. The quantitative estimate of drug-likeness (QED) is 0.927. The third-order valence-corrected chi connectivity index (χ3v) is 4.99. The molecule has 1 heterocycles. The van der Waals surface area contributed by atoms with Crippen LogP contribution in [-0.4, -0.2) is 26.9 Å². The lowest BCUT2D eigenvalue weighted by Gasteiger charge is -2.07. The molecule has 0 atom stereocenters. The second-order valence-corrected chi connectivity index (χ2v) is 7.18. The van der Waals surface area contributed by atoms with Crippen molar-refractivity contribution in [2.75, 3.05) is 17.9 Å². The highest BCUT2D eigenvalue weighted by molar-refractivity contribution is 7.92. The van der Waals surface area contributed by atoms with E-state index in [1.165, 1.54) is 12.1 Å². The lowest BCUT2D eigenvalue weighted by atomic mass is 10.2. The number of ether oxygens (including phenoxy) is 2. The van der Waals surface area contributed by atoms with E-state index in [1.807, 2.05) is 6.92 Å². The average molecular weight is 333 g/mol. The minimum Gasteiger partial charge on any atom is -0.454 e. The van der Waals surface area contributed by atoms with Crippen molar-refractivity contribution in [3.05, 3.63) is 48.0 Å². The fraction of sp³-hybridized carbons (Fsp3) is 0.188. The maximum absolute atomic E-state index is 12.2. The lowest BCUT2D eigenvalue weighted by Crippen LogP contribution is -2.23. The highest BCUT2D eigenvalue weighted by Gasteiger charge is 2.20. The highest BCUT2D eigenvalue weighted by Crippen LogP contribution is 2.34. The van der Waals surface area contributed by atoms with Gasteiger partial charge in [-0.25, -0.2) is 8.42 Å². The molecule has 0 aromatic heterocycles. The highest BCUT2D eigenvalue weighted by atomic mass is 32.2. The van der Waals surface area contributed by atoms with Gasteiger partial charge in [-0.3, -0.25) is 4.79 Å². The smallest absolute Gasteiger partial charge is 0.239 e. The first kappa shape index (κ1) is 15.4. The number of sulfone groups is 1. The monoisotopic (exact) mass is 333 g/mol. The predicted octanol–water partition coefficient (Wildman–Crippen LogP) is 2.14. The molecule has 2 aromatic rings. The van der Waals surface area contributed by atoms with E-state index in [4.69, 9.17) is 9.47 Å². The summed E-state index contributed by atoms with van der Waals surface area (Å²) < 4.78 is 34.8. The van der Waals surface area contributed by atoms with Crippen molar-refractivity contribution in [3.8, 4) is 11.5 Å². The van der Waals surface area contributed by atoms with Crippen LogP contribution >= 0.6 is 0 Å². The van der Waals surface area contributed by atoms with Crippen LogP contribution < -0.4 is 14.8 Å². The number of fused-ring (bicyclic) bond motifs is 1. The Kier molecular flexibility index (Phi) is 3.96. The van der Waals surface area contributed by atoms with Gasteiger partial charge < -0.3 is 14.8 Å². The summed E-state index contributed by atoms with van der Waals surface area (Å²) in [5, 5.41) is 2.56. The van der Waals surface area contributed by atoms with Crippen molar-refractivity contribution in [2.24, 2.45) is 0 Å². The van der Waals surface area contributed by atoms with E-state index in [1.54, 1.807) is 30.3 Å². The molecule has 0 radical (unpaired) electrons. The van der Waals surface area contributed by atoms with Gasteiger partial charge in [-0.15, -0.1) is 0 Å². The first-order valence-electron chi connectivity index (χ1n) is 6.93. The van der Waals surface area contributed by atoms with E-state index in [-0.39, 0.29) is 11.7 Å². The number of aryl methyl sites for hydroxylation is 1. The number of hydrogen-bond acceptors (Lipinski definition) is 5. The van der Waals surface area contributed by atoms with Crippen LogP contribution in [0.2, 0.25) is 0 Å². The van der Waals surface area contributed by atoms with Crippen LogP contribution in [0.25, 0.3) is 0 Å². The van der Waals surface area contributed by atoms with Crippen LogP contribution in [0.3, 0.4) is 0 Å². The van der Waals surface area contributed by atoms with Gasteiger partial charge in [0.2, 0.25) is 12.7 Å². The summed E-state index contributed by atoms with van der Waals surface area (Å²) in [5.74, 6) is -0.117. The molecule has 6 nitrogen and oxygen atoms in total. The summed E-state index contributed by atoms with van der Waals surface area (Å²) in [6, 6.07) is 11.3. The molecule has 0 spiro atoms. The van der Waals surface area contributed by atoms with Crippen molar-refractivity contribution in [1.29, 1.82) is 0 Å². The first-order chi connectivity index (χ1) is 10.9. The molecule has 0 fully saturated rings. The Morgan fingerprint density at radius 1 is 1.09 bits per heavy atom. The summed E-state index contributed by atoms with van der Waals surface area (Å²) in [4.78, 5) is 12.1. The Morgan fingerprint density at radius 3 is 2.52 bits per heavy atom. The summed E-state index contributed by atoms with van der Waals surface area (Å²) in [5.41, 5.74) is 1.41. The molecule has 1 aliphatic heterocycles. The van der Waals surface area contributed by atoms with Gasteiger partial charge in [0, 0.05) is 11.8 Å². The Bertz CT molecular complexity index is 843. The second kappa shape index (κ2) is 5.92. The van der Waals surface area contributed by atoms with Crippen molar-refractivity contribution in [2.45, 2.75) is 11.8 Å². The Balaban J connectivity index is 1.70. The van der Waals surface area contributed by atoms with Gasteiger partial charge in [0.1, 0.15) is 5.75 Å². The minimum atomic E-state index is -3.68. The van der Waals surface area contributed by atoms with Crippen molar-refractivity contribution in [3.63, 3.8) is 0 Å². The van der Waals surface area contributed by atoms with Gasteiger partial charge in [0.05, 0.1) is 4.90 Å². The summed E-state index contributed by atoms with van der Waals surface area (Å²) >= 11 is 0. The number of carbonyl (C=O) groups excluding carboxylic acids is 1. The zero-order chi connectivity index (χ0) is 16.4. The van der Waals surface area contributed by atoms with Crippen LogP contribution in [-0.2, 0) is 14.6 Å². The molecule has 1 aliphatic rings. The summed E-state index contributed by atoms with van der Waals surface area (Å²) in [6.45, 7) is 2.00. The van der Waals surface area contributed by atoms with Gasteiger partial charge in [-0.2, -0.15) is 0 Å². The Morgan fingerprint density at radius 2 is 1.78 bits per heavy atom. The molecule has 0 unspecified atom stereocenters. The SMILES string of the molecule is Cc1ccc(S(=O)(=O)CC(=O)Nc2ccc3c(c2)OCO3)cc1. The molecule has 2 aromatic carbocycles. The third-order valence-electron chi connectivity index (χ3n) is 3.36. The van der Waals surface area contributed by atoms with Crippen LogP contribution in [0.1, 0.15) is 5.56 Å². The lowest BCUT2D eigenvalue weighted by molar-refractivity contribution is -0.113. The number of hydrogen-bond donors (Lipinski definition) is 1. The van der Waals surface area contributed by atoms with Gasteiger partial charge >= 0.3 is 0 Å². The number of amides is 1. The molecule has 0 saturated heterocycles. The van der Waals surface area contributed by atoms with Gasteiger partial charge in [0.15, 0.2) is 21.3 Å². The summed E-state index contributed by atoms with van der Waals surface area (Å²) in [6.07, 6.45) is 0. The third kappa shape index (κ3) is 3.45. The fourth-order valence-electron chi connectivity index (χ4n) is 2.17. The van der Waals surface area contributed by atoms with Crippen LogP contribution in [0, 0.1) is 6.92 Å². The number of rotatable bonds is 4. The zero-order valence-corrected chi connectivity index (χ0v) is 13.2. The van der Waals surface area contributed by atoms with Crippen LogP contribution in [0.15, 0.2) is 47.4 Å². The van der Waals surface area contributed by atoms with E-state index < -0.39 is 21.5 Å².